The highest BCUT2D eigenvalue weighted by Gasteiger charge is 2.30. The molecule has 0 saturated carbocycles. The van der Waals surface area contributed by atoms with Crippen molar-refractivity contribution in [3.05, 3.63) is 24.3 Å². The molecule has 1 aliphatic heterocycles. The van der Waals surface area contributed by atoms with Crippen LogP contribution in [0.15, 0.2) is 24.3 Å². The zero-order chi connectivity index (χ0) is 22.3. The van der Waals surface area contributed by atoms with Crippen molar-refractivity contribution in [2.45, 2.75) is 46.1 Å². The first-order chi connectivity index (χ1) is 14.0. The maximum absolute atomic E-state index is 12.2. The Morgan fingerprint density at radius 1 is 1.00 bits per heavy atom. The van der Waals surface area contributed by atoms with E-state index in [0.717, 1.165) is 0 Å². The number of hydrogen-bond donors (Lipinski definition) is 2. The number of rotatable bonds is 5. The Morgan fingerprint density at radius 3 is 2.03 bits per heavy atom. The molecule has 1 aliphatic rings. The fourth-order valence-corrected chi connectivity index (χ4v) is 2.92. The van der Waals surface area contributed by atoms with E-state index in [4.69, 9.17) is 9.47 Å². The number of amides is 3. The lowest BCUT2D eigenvalue weighted by Gasteiger charge is -2.32. The number of nitrogens with zero attached hydrogens (tertiary/aromatic N) is 1. The second-order valence-corrected chi connectivity index (χ2v) is 8.16. The highest BCUT2D eigenvalue weighted by Crippen LogP contribution is 2.21. The molecule has 30 heavy (non-hydrogen) atoms. The lowest BCUT2D eigenvalue weighted by Crippen LogP contribution is -2.43. The molecule has 0 spiro atoms. The summed E-state index contributed by atoms with van der Waals surface area (Å²) in [5, 5.41) is 5.26. The Hall–Kier alpha value is -3.10. The van der Waals surface area contributed by atoms with Crippen LogP contribution in [0.1, 0.15) is 40.5 Å². The lowest BCUT2D eigenvalue weighted by molar-refractivity contribution is -0.153. The number of benzene rings is 1. The molecule has 3 amide bonds. The first-order valence-corrected chi connectivity index (χ1v) is 9.85. The summed E-state index contributed by atoms with van der Waals surface area (Å²) < 4.78 is 10.5. The minimum absolute atomic E-state index is 0.185. The van der Waals surface area contributed by atoms with Crippen molar-refractivity contribution in [2.24, 2.45) is 5.92 Å². The Balaban J connectivity index is 1.72. The second-order valence-electron chi connectivity index (χ2n) is 8.16. The van der Waals surface area contributed by atoms with E-state index in [2.05, 4.69) is 10.6 Å². The van der Waals surface area contributed by atoms with E-state index in [0.29, 0.717) is 37.3 Å². The SMILES string of the molecule is CC(=O)Nc1ccc(NC(=O)COC(=O)C2CCN(C(=O)OC(C)(C)C)CC2)cc1. The van der Waals surface area contributed by atoms with E-state index in [9.17, 15) is 19.2 Å². The van der Waals surface area contributed by atoms with Gasteiger partial charge in [0, 0.05) is 31.4 Å². The summed E-state index contributed by atoms with van der Waals surface area (Å²) in [7, 11) is 0. The number of piperidine rings is 1. The van der Waals surface area contributed by atoms with Crippen LogP contribution in [-0.4, -0.2) is 54.1 Å². The Labute approximate surface area is 176 Å². The zero-order valence-corrected chi connectivity index (χ0v) is 17.8. The molecule has 1 heterocycles. The second kappa shape index (κ2) is 10.1. The van der Waals surface area contributed by atoms with Gasteiger partial charge in [-0.1, -0.05) is 0 Å². The number of anilines is 2. The fraction of sp³-hybridized carbons (Fsp3) is 0.524. The van der Waals surface area contributed by atoms with Crippen LogP contribution in [0.2, 0.25) is 0 Å². The van der Waals surface area contributed by atoms with Gasteiger partial charge in [0.25, 0.3) is 5.91 Å². The van der Waals surface area contributed by atoms with Gasteiger partial charge in [-0.05, 0) is 57.9 Å². The van der Waals surface area contributed by atoms with Crippen molar-refractivity contribution in [1.82, 2.24) is 4.90 Å². The van der Waals surface area contributed by atoms with Gasteiger partial charge in [0.2, 0.25) is 5.91 Å². The summed E-state index contributed by atoms with van der Waals surface area (Å²) in [4.78, 5) is 48.9. The van der Waals surface area contributed by atoms with E-state index in [1.807, 2.05) is 0 Å². The standard InChI is InChI=1S/C21H29N3O6/c1-14(25)22-16-5-7-17(8-6-16)23-18(26)13-29-19(27)15-9-11-24(12-10-15)20(28)30-21(2,3)4/h5-8,15H,9-13H2,1-4H3,(H,22,25)(H,23,26). The number of hydrogen-bond acceptors (Lipinski definition) is 6. The first kappa shape index (κ1) is 23.2. The molecule has 164 valence electrons. The summed E-state index contributed by atoms with van der Waals surface area (Å²) >= 11 is 0. The predicted molar refractivity (Wildman–Crippen MR) is 111 cm³/mol. The summed E-state index contributed by atoms with van der Waals surface area (Å²) in [6.07, 6.45) is 0.535. The molecule has 9 heteroatoms. The molecule has 1 fully saturated rings. The van der Waals surface area contributed by atoms with E-state index in [1.54, 1.807) is 49.9 Å². The van der Waals surface area contributed by atoms with Crippen LogP contribution in [0.3, 0.4) is 0 Å². The molecule has 0 bridgehead atoms. The van der Waals surface area contributed by atoms with Gasteiger partial charge in [-0.2, -0.15) is 0 Å². The van der Waals surface area contributed by atoms with Gasteiger partial charge in [0.05, 0.1) is 5.92 Å². The van der Waals surface area contributed by atoms with E-state index >= 15 is 0 Å². The van der Waals surface area contributed by atoms with Crippen LogP contribution in [0.5, 0.6) is 0 Å². The van der Waals surface area contributed by atoms with Crippen LogP contribution in [0.4, 0.5) is 16.2 Å². The molecule has 1 saturated heterocycles. The predicted octanol–water partition coefficient (Wildman–Crippen LogP) is 2.77. The highest BCUT2D eigenvalue weighted by atomic mass is 16.6. The van der Waals surface area contributed by atoms with Gasteiger partial charge < -0.3 is 25.0 Å². The number of carbonyl (C=O) groups is 4. The van der Waals surface area contributed by atoms with Crippen molar-refractivity contribution >= 4 is 35.3 Å². The number of likely N-dealkylation sites (tertiary alicyclic amines) is 1. The Kier molecular flexibility index (Phi) is 7.79. The summed E-state index contributed by atoms with van der Waals surface area (Å²) in [5.41, 5.74) is 0.574. The molecule has 0 aromatic heterocycles. The van der Waals surface area contributed by atoms with Gasteiger partial charge in [-0.15, -0.1) is 0 Å². The summed E-state index contributed by atoms with van der Waals surface area (Å²) in [5.74, 6) is -1.44. The van der Waals surface area contributed by atoms with Crippen molar-refractivity contribution in [2.75, 3.05) is 30.3 Å². The quantitative estimate of drug-likeness (QED) is 0.710. The monoisotopic (exact) mass is 419 g/mol. The van der Waals surface area contributed by atoms with E-state index in [1.165, 1.54) is 6.92 Å². The van der Waals surface area contributed by atoms with Crippen LogP contribution < -0.4 is 10.6 Å². The average molecular weight is 419 g/mol. The molecule has 0 atom stereocenters. The van der Waals surface area contributed by atoms with Gasteiger partial charge in [-0.3, -0.25) is 14.4 Å². The molecule has 9 nitrogen and oxygen atoms in total. The lowest BCUT2D eigenvalue weighted by atomic mass is 9.97. The zero-order valence-electron chi connectivity index (χ0n) is 17.8. The van der Waals surface area contributed by atoms with Crippen molar-refractivity contribution in [3.8, 4) is 0 Å². The minimum atomic E-state index is -0.565. The third-order valence-corrected chi connectivity index (χ3v) is 4.31. The third kappa shape index (κ3) is 7.73. The van der Waals surface area contributed by atoms with Gasteiger partial charge in [0.1, 0.15) is 5.60 Å². The largest absolute Gasteiger partial charge is 0.455 e. The number of nitrogens with one attached hydrogen (secondary N) is 2. The summed E-state index contributed by atoms with van der Waals surface area (Å²) in [6.45, 7) is 7.24. The molecule has 1 aromatic rings. The maximum Gasteiger partial charge on any atom is 0.410 e. The topological polar surface area (TPSA) is 114 Å². The number of carbonyl (C=O) groups excluding carboxylic acids is 4. The molecular weight excluding hydrogens is 390 g/mol. The van der Waals surface area contributed by atoms with Crippen molar-refractivity contribution < 1.29 is 28.7 Å². The van der Waals surface area contributed by atoms with Gasteiger partial charge in [0.15, 0.2) is 6.61 Å². The molecule has 1 aromatic carbocycles. The molecule has 2 rings (SSSR count). The average Bonchev–Trinajstić information content (AvgIpc) is 2.66. The third-order valence-electron chi connectivity index (χ3n) is 4.31. The fourth-order valence-electron chi connectivity index (χ4n) is 2.92. The normalized spacial score (nSPS) is 14.6. The molecular formula is C21H29N3O6. The van der Waals surface area contributed by atoms with Gasteiger partial charge in [-0.25, -0.2) is 4.79 Å². The van der Waals surface area contributed by atoms with Crippen LogP contribution in [-0.2, 0) is 23.9 Å². The van der Waals surface area contributed by atoms with E-state index in [-0.39, 0.29) is 11.8 Å². The van der Waals surface area contributed by atoms with Crippen LogP contribution in [0.25, 0.3) is 0 Å². The molecule has 0 radical (unpaired) electrons. The van der Waals surface area contributed by atoms with Crippen molar-refractivity contribution in [3.63, 3.8) is 0 Å². The van der Waals surface area contributed by atoms with Gasteiger partial charge >= 0.3 is 12.1 Å². The number of esters is 1. The highest BCUT2D eigenvalue weighted by molar-refractivity contribution is 5.93. The molecule has 0 unspecified atom stereocenters. The Bertz CT molecular complexity index is 777. The molecule has 2 N–H and O–H groups in total. The smallest absolute Gasteiger partial charge is 0.410 e. The molecule has 0 aliphatic carbocycles. The van der Waals surface area contributed by atoms with Crippen molar-refractivity contribution in [1.29, 1.82) is 0 Å². The minimum Gasteiger partial charge on any atom is -0.455 e. The maximum atomic E-state index is 12.2. The number of ether oxygens (including phenoxy) is 2. The Morgan fingerprint density at radius 2 is 1.53 bits per heavy atom. The summed E-state index contributed by atoms with van der Waals surface area (Å²) in [6, 6.07) is 6.58. The van der Waals surface area contributed by atoms with E-state index < -0.39 is 30.2 Å². The van der Waals surface area contributed by atoms with Crippen LogP contribution >= 0.6 is 0 Å². The first-order valence-electron chi connectivity index (χ1n) is 9.85. The van der Waals surface area contributed by atoms with Crippen LogP contribution in [0, 0.1) is 5.92 Å².